The number of aromatic nitrogens is 2. The zero-order valence-electron chi connectivity index (χ0n) is 14.9. The van der Waals surface area contributed by atoms with E-state index in [4.69, 9.17) is 21.6 Å². The van der Waals surface area contributed by atoms with E-state index in [1.165, 1.54) is 18.3 Å². The Kier molecular flexibility index (Phi) is 6.40. The van der Waals surface area contributed by atoms with Gasteiger partial charge >= 0.3 is 5.97 Å². The largest absolute Gasteiger partial charge is 0.449 e. The highest BCUT2D eigenvalue weighted by atomic mass is 35.5. The SMILES string of the molecule is Cc1nn(CC(C)C)c(Cl)c1C(=O)O[C@@H](C)C(=O)Nc1sccc1C#N. The van der Waals surface area contributed by atoms with Crippen molar-refractivity contribution in [2.24, 2.45) is 5.92 Å². The maximum absolute atomic E-state index is 12.4. The molecule has 2 heterocycles. The third-order valence-corrected chi connectivity index (χ3v) is 4.70. The number of nitrogens with one attached hydrogen (secondary N) is 1. The lowest BCUT2D eigenvalue weighted by atomic mass is 10.2. The topological polar surface area (TPSA) is 97.0 Å². The van der Waals surface area contributed by atoms with Crippen LogP contribution < -0.4 is 5.32 Å². The van der Waals surface area contributed by atoms with E-state index in [9.17, 15) is 9.59 Å². The van der Waals surface area contributed by atoms with Gasteiger partial charge in [-0.25, -0.2) is 4.79 Å². The molecular weight excluding hydrogens is 376 g/mol. The number of anilines is 1. The number of aryl methyl sites for hydroxylation is 1. The van der Waals surface area contributed by atoms with Gasteiger partial charge in [0.05, 0.1) is 11.3 Å². The highest BCUT2D eigenvalue weighted by Gasteiger charge is 2.26. The molecule has 2 rings (SSSR count). The summed E-state index contributed by atoms with van der Waals surface area (Å²) >= 11 is 7.47. The second-order valence-corrected chi connectivity index (χ2v) is 7.41. The van der Waals surface area contributed by atoms with Crippen LogP contribution in [0, 0.1) is 24.2 Å². The minimum Gasteiger partial charge on any atom is -0.449 e. The lowest BCUT2D eigenvalue weighted by Gasteiger charge is -2.13. The van der Waals surface area contributed by atoms with Crippen molar-refractivity contribution in [2.45, 2.75) is 40.3 Å². The Balaban J connectivity index is 2.08. The summed E-state index contributed by atoms with van der Waals surface area (Å²) in [6.07, 6.45) is -1.06. The van der Waals surface area contributed by atoms with Crippen molar-refractivity contribution >= 4 is 39.8 Å². The molecule has 1 N–H and O–H groups in total. The number of rotatable bonds is 6. The minimum absolute atomic E-state index is 0.154. The number of amides is 1. The van der Waals surface area contributed by atoms with Gasteiger partial charge in [-0.15, -0.1) is 11.3 Å². The molecule has 1 atom stereocenters. The molecule has 26 heavy (non-hydrogen) atoms. The van der Waals surface area contributed by atoms with Gasteiger partial charge in [0.25, 0.3) is 5.91 Å². The molecule has 0 bridgehead atoms. The summed E-state index contributed by atoms with van der Waals surface area (Å²) in [7, 11) is 0. The fourth-order valence-corrected chi connectivity index (χ4v) is 3.29. The molecule has 7 nitrogen and oxygen atoms in total. The normalized spacial score (nSPS) is 11.9. The Morgan fingerprint density at radius 1 is 1.46 bits per heavy atom. The van der Waals surface area contributed by atoms with E-state index in [1.807, 2.05) is 19.9 Å². The number of esters is 1. The molecule has 9 heteroatoms. The van der Waals surface area contributed by atoms with Gasteiger partial charge in [0, 0.05) is 6.54 Å². The van der Waals surface area contributed by atoms with Gasteiger partial charge in [-0.05, 0) is 31.2 Å². The predicted molar refractivity (Wildman–Crippen MR) is 99.4 cm³/mol. The first-order valence-electron chi connectivity index (χ1n) is 7.96. The van der Waals surface area contributed by atoms with Crippen LogP contribution in [0.4, 0.5) is 5.00 Å². The van der Waals surface area contributed by atoms with E-state index in [0.29, 0.717) is 28.7 Å². The quantitative estimate of drug-likeness (QED) is 0.754. The van der Waals surface area contributed by atoms with Gasteiger partial charge in [-0.1, -0.05) is 25.4 Å². The van der Waals surface area contributed by atoms with Gasteiger partial charge in [0.2, 0.25) is 0 Å². The first-order valence-corrected chi connectivity index (χ1v) is 9.22. The van der Waals surface area contributed by atoms with Gasteiger partial charge in [0.1, 0.15) is 21.8 Å². The summed E-state index contributed by atoms with van der Waals surface area (Å²) < 4.78 is 6.78. The average molecular weight is 395 g/mol. The van der Waals surface area contributed by atoms with Crippen LogP contribution in [-0.4, -0.2) is 27.8 Å². The summed E-state index contributed by atoms with van der Waals surface area (Å²) in [6, 6.07) is 3.58. The summed E-state index contributed by atoms with van der Waals surface area (Å²) in [6.45, 7) is 7.71. The number of carbonyl (C=O) groups is 2. The minimum atomic E-state index is -1.06. The molecule has 2 aromatic heterocycles. The smallest absolute Gasteiger partial charge is 0.343 e. The van der Waals surface area contributed by atoms with Crippen LogP contribution in [0.1, 0.15) is 42.4 Å². The molecule has 0 radical (unpaired) electrons. The van der Waals surface area contributed by atoms with Crippen molar-refractivity contribution in [1.29, 1.82) is 5.26 Å². The van der Waals surface area contributed by atoms with E-state index < -0.39 is 18.0 Å². The van der Waals surface area contributed by atoms with Gasteiger partial charge < -0.3 is 10.1 Å². The first kappa shape index (κ1) is 19.9. The summed E-state index contributed by atoms with van der Waals surface area (Å²) in [5.41, 5.74) is 0.954. The van der Waals surface area contributed by atoms with Crippen molar-refractivity contribution in [3.05, 3.63) is 33.4 Å². The number of hydrogen-bond acceptors (Lipinski definition) is 6. The maximum Gasteiger partial charge on any atom is 0.343 e. The van der Waals surface area contributed by atoms with Crippen LogP contribution in [0.3, 0.4) is 0 Å². The van der Waals surface area contributed by atoms with E-state index in [1.54, 1.807) is 23.1 Å². The highest BCUT2D eigenvalue weighted by Crippen LogP contribution is 2.24. The standard InChI is InChI=1S/C17H19ClN4O3S/c1-9(2)8-22-14(18)13(10(3)21-22)17(24)25-11(4)15(23)20-16-12(7-19)5-6-26-16/h5-6,9,11H,8H2,1-4H3,(H,20,23)/t11-/m0/s1. The molecule has 0 aliphatic heterocycles. The van der Waals surface area contributed by atoms with Crippen molar-refractivity contribution in [3.8, 4) is 6.07 Å². The molecule has 0 saturated carbocycles. The molecule has 0 aliphatic rings. The number of nitriles is 1. The monoisotopic (exact) mass is 394 g/mol. The predicted octanol–water partition coefficient (Wildman–Crippen LogP) is 3.62. The zero-order chi connectivity index (χ0) is 19.4. The highest BCUT2D eigenvalue weighted by molar-refractivity contribution is 7.14. The average Bonchev–Trinajstić information content (AvgIpc) is 3.11. The maximum atomic E-state index is 12.4. The van der Waals surface area contributed by atoms with Gasteiger partial charge in [-0.3, -0.25) is 9.48 Å². The van der Waals surface area contributed by atoms with E-state index >= 15 is 0 Å². The van der Waals surface area contributed by atoms with Crippen LogP contribution in [0.15, 0.2) is 11.4 Å². The molecule has 1 amide bonds. The van der Waals surface area contributed by atoms with Crippen LogP contribution in [-0.2, 0) is 16.1 Å². The van der Waals surface area contributed by atoms with Crippen LogP contribution >= 0.6 is 22.9 Å². The Hall–Kier alpha value is -2.37. The summed E-state index contributed by atoms with van der Waals surface area (Å²) in [5, 5.41) is 18.1. The Morgan fingerprint density at radius 2 is 2.15 bits per heavy atom. The van der Waals surface area contributed by atoms with Crippen molar-refractivity contribution in [2.75, 3.05) is 5.32 Å². The molecule has 0 saturated heterocycles. The molecule has 138 valence electrons. The summed E-state index contributed by atoms with van der Waals surface area (Å²) in [5.74, 6) is -0.932. The van der Waals surface area contributed by atoms with E-state index in [-0.39, 0.29) is 10.7 Å². The Bertz CT molecular complexity index is 866. The fourth-order valence-electron chi connectivity index (χ4n) is 2.23. The number of carbonyl (C=O) groups excluding carboxylic acids is 2. The molecule has 0 unspecified atom stereocenters. The van der Waals surface area contributed by atoms with Crippen molar-refractivity contribution in [1.82, 2.24) is 9.78 Å². The Morgan fingerprint density at radius 3 is 2.77 bits per heavy atom. The molecule has 0 aliphatic carbocycles. The molecule has 0 aromatic carbocycles. The van der Waals surface area contributed by atoms with Gasteiger partial charge in [-0.2, -0.15) is 10.4 Å². The van der Waals surface area contributed by atoms with Crippen LogP contribution in [0.2, 0.25) is 5.15 Å². The van der Waals surface area contributed by atoms with Gasteiger partial charge in [0.15, 0.2) is 6.10 Å². The second kappa shape index (κ2) is 8.34. The number of ether oxygens (including phenoxy) is 1. The van der Waals surface area contributed by atoms with E-state index in [0.717, 1.165) is 0 Å². The summed E-state index contributed by atoms with van der Waals surface area (Å²) in [4.78, 5) is 24.7. The number of nitrogens with zero attached hydrogens (tertiary/aromatic N) is 3. The fraction of sp³-hybridized carbons (Fsp3) is 0.412. The third-order valence-electron chi connectivity index (χ3n) is 3.48. The molecular formula is C17H19ClN4O3S. The first-order chi connectivity index (χ1) is 12.2. The van der Waals surface area contributed by atoms with E-state index in [2.05, 4.69) is 10.4 Å². The lowest BCUT2D eigenvalue weighted by Crippen LogP contribution is -2.30. The molecule has 2 aromatic rings. The van der Waals surface area contributed by atoms with Crippen LogP contribution in [0.5, 0.6) is 0 Å². The zero-order valence-corrected chi connectivity index (χ0v) is 16.4. The van der Waals surface area contributed by atoms with Crippen LogP contribution in [0.25, 0.3) is 0 Å². The van der Waals surface area contributed by atoms with Crippen molar-refractivity contribution < 1.29 is 14.3 Å². The molecule has 0 fully saturated rings. The molecule has 0 spiro atoms. The third kappa shape index (κ3) is 4.42. The van der Waals surface area contributed by atoms with Crippen molar-refractivity contribution in [3.63, 3.8) is 0 Å². The second-order valence-electron chi connectivity index (χ2n) is 6.14. The number of thiophene rings is 1. The Labute approximate surface area is 160 Å². The lowest BCUT2D eigenvalue weighted by molar-refractivity contribution is -0.123. The number of halogens is 1. The number of hydrogen-bond donors (Lipinski definition) is 1.